The number of rotatable bonds is 6. The van der Waals surface area contributed by atoms with Crippen LogP contribution in [0.1, 0.15) is 0 Å². The summed E-state index contributed by atoms with van der Waals surface area (Å²) in [4.78, 5) is 7.46. The van der Waals surface area contributed by atoms with Crippen molar-refractivity contribution in [3.05, 3.63) is 6.33 Å². The summed E-state index contributed by atoms with van der Waals surface area (Å²) < 4.78 is 156. The Balaban J connectivity index is 3.20. The number of alkyl halides is 12. The first-order valence-corrected chi connectivity index (χ1v) is 5.69. The molecule has 150 valence electrons. The van der Waals surface area contributed by atoms with Crippen molar-refractivity contribution >= 4 is 0 Å². The number of nitrogens with zero attached hydrogens (tertiary/aromatic N) is 3. The van der Waals surface area contributed by atoms with Gasteiger partial charge in [0.15, 0.2) is 0 Å². The van der Waals surface area contributed by atoms with E-state index in [0.29, 0.717) is 0 Å². The van der Waals surface area contributed by atoms with E-state index in [2.05, 4.69) is 24.4 Å². The molecule has 1 heterocycles. The average molecular weight is 413 g/mol. The smallest absolute Gasteiger partial charge is 0.413 e. The molecule has 1 aromatic rings. The van der Waals surface area contributed by atoms with Gasteiger partial charge in [-0.25, -0.2) is 17.6 Å². The van der Waals surface area contributed by atoms with Gasteiger partial charge in [-0.1, -0.05) is 0 Å². The van der Waals surface area contributed by atoms with Crippen molar-refractivity contribution in [2.75, 3.05) is 0 Å². The standard InChI is InChI=1S/C9H3F12N3O2/c10-2(11)6(14,8(16,17)18)25-4-22-1-23-5(24-4)26-7(15,3(12)13)9(19,20)21/h1-3H. The number of ether oxygens (including phenoxy) is 2. The van der Waals surface area contributed by atoms with Crippen LogP contribution in [-0.4, -0.2) is 51.9 Å². The SMILES string of the molecule is FC(F)C(F)(Oc1ncnc(OC(F)(C(F)F)C(F)(F)F)n1)C(F)(F)F. The predicted octanol–water partition coefficient (Wildman–Crippen LogP) is 3.62. The molecular weight excluding hydrogens is 410 g/mol. The Morgan fingerprint density at radius 1 is 0.654 bits per heavy atom. The van der Waals surface area contributed by atoms with Gasteiger partial charge in [-0.3, -0.25) is 0 Å². The van der Waals surface area contributed by atoms with Crippen LogP contribution >= 0.6 is 0 Å². The maximum atomic E-state index is 13.3. The lowest BCUT2D eigenvalue weighted by Crippen LogP contribution is -2.53. The Morgan fingerprint density at radius 3 is 1.19 bits per heavy atom. The summed E-state index contributed by atoms with van der Waals surface area (Å²) in [7, 11) is 0. The fourth-order valence-electron chi connectivity index (χ4n) is 1.08. The molecule has 0 N–H and O–H groups in total. The summed E-state index contributed by atoms with van der Waals surface area (Å²) in [5.41, 5.74) is 0. The van der Waals surface area contributed by atoms with E-state index in [0.717, 1.165) is 0 Å². The van der Waals surface area contributed by atoms with Crippen LogP contribution in [0.5, 0.6) is 12.0 Å². The van der Waals surface area contributed by atoms with Crippen molar-refractivity contribution in [2.45, 2.75) is 36.9 Å². The third-order valence-corrected chi connectivity index (χ3v) is 2.34. The molecule has 0 radical (unpaired) electrons. The molecular formula is C9H3F12N3O2. The van der Waals surface area contributed by atoms with Crippen molar-refractivity contribution in [3.8, 4) is 12.0 Å². The van der Waals surface area contributed by atoms with Gasteiger partial charge in [0.1, 0.15) is 6.33 Å². The Bertz CT molecular complexity index is 573. The normalized spacial score (nSPS) is 17.8. The Kier molecular flexibility index (Phi) is 5.72. The molecule has 1 rings (SSSR count). The highest BCUT2D eigenvalue weighted by atomic mass is 19.4. The van der Waals surface area contributed by atoms with Crippen molar-refractivity contribution in [1.82, 2.24) is 15.0 Å². The largest absolute Gasteiger partial charge is 0.466 e. The molecule has 0 spiro atoms. The number of hydrogen-bond donors (Lipinski definition) is 0. The van der Waals surface area contributed by atoms with Gasteiger partial charge < -0.3 is 9.47 Å². The maximum absolute atomic E-state index is 13.3. The van der Waals surface area contributed by atoms with Crippen LogP contribution < -0.4 is 9.47 Å². The number of halogens is 12. The minimum Gasteiger partial charge on any atom is -0.413 e. The van der Waals surface area contributed by atoms with E-state index >= 15 is 0 Å². The average Bonchev–Trinajstić information content (AvgIpc) is 2.44. The van der Waals surface area contributed by atoms with Crippen LogP contribution in [-0.2, 0) is 0 Å². The molecule has 0 amide bonds. The van der Waals surface area contributed by atoms with Crippen LogP contribution in [0.15, 0.2) is 6.33 Å². The molecule has 17 heteroatoms. The summed E-state index contributed by atoms with van der Waals surface area (Å²) in [5, 5.41) is 0. The molecule has 2 atom stereocenters. The molecule has 0 aliphatic carbocycles. The molecule has 0 fully saturated rings. The zero-order valence-corrected chi connectivity index (χ0v) is 11.4. The van der Waals surface area contributed by atoms with E-state index in [1.807, 2.05) is 0 Å². The first-order chi connectivity index (χ1) is 11.5. The lowest BCUT2D eigenvalue weighted by atomic mass is 10.3. The summed E-state index contributed by atoms with van der Waals surface area (Å²) in [6.07, 6.45) is -22.6. The van der Waals surface area contributed by atoms with Gasteiger partial charge in [0.05, 0.1) is 0 Å². The monoisotopic (exact) mass is 413 g/mol. The van der Waals surface area contributed by atoms with Gasteiger partial charge in [0.25, 0.3) is 0 Å². The Labute approximate surface area is 133 Å². The molecule has 0 aliphatic heterocycles. The van der Waals surface area contributed by atoms with E-state index < -0.39 is 48.9 Å². The van der Waals surface area contributed by atoms with Crippen LogP contribution in [0.4, 0.5) is 52.7 Å². The predicted molar refractivity (Wildman–Crippen MR) is 52.9 cm³/mol. The van der Waals surface area contributed by atoms with E-state index in [-0.39, 0.29) is 6.33 Å². The third-order valence-electron chi connectivity index (χ3n) is 2.34. The highest BCUT2D eigenvalue weighted by Crippen LogP contribution is 2.41. The van der Waals surface area contributed by atoms with E-state index in [4.69, 9.17) is 0 Å². The van der Waals surface area contributed by atoms with Gasteiger partial charge in [-0.2, -0.15) is 45.1 Å². The zero-order valence-electron chi connectivity index (χ0n) is 11.4. The second-order valence-corrected chi connectivity index (χ2v) is 4.14. The molecule has 0 saturated carbocycles. The summed E-state index contributed by atoms with van der Waals surface area (Å²) >= 11 is 0. The van der Waals surface area contributed by atoms with Crippen molar-refractivity contribution in [1.29, 1.82) is 0 Å². The number of hydrogen-bond acceptors (Lipinski definition) is 5. The van der Waals surface area contributed by atoms with Crippen LogP contribution in [0.3, 0.4) is 0 Å². The molecule has 0 saturated heterocycles. The Morgan fingerprint density at radius 2 is 0.962 bits per heavy atom. The topological polar surface area (TPSA) is 57.1 Å². The number of aromatic nitrogens is 3. The van der Waals surface area contributed by atoms with Crippen molar-refractivity contribution in [2.24, 2.45) is 0 Å². The summed E-state index contributed by atoms with van der Waals surface area (Å²) in [5.74, 6) is -11.4. The fraction of sp³-hybridized carbons (Fsp3) is 0.667. The highest BCUT2D eigenvalue weighted by molar-refractivity contribution is 5.04. The molecule has 0 bridgehead atoms. The maximum Gasteiger partial charge on any atom is 0.466 e. The van der Waals surface area contributed by atoms with Crippen LogP contribution in [0, 0.1) is 0 Å². The molecule has 26 heavy (non-hydrogen) atoms. The van der Waals surface area contributed by atoms with E-state index in [9.17, 15) is 52.7 Å². The molecule has 0 aromatic carbocycles. The lowest BCUT2D eigenvalue weighted by Gasteiger charge is -2.27. The van der Waals surface area contributed by atoms with Gasteiger partial charge in [0, 0.05) is 0 Å². The van der Waals surface area contributed by atoms with Gasteiger partial charge in [-0.05, 0) is 0 Å². The first-order valence-electron chi connectivity index (χ1n) is 5.69. The second kappa shape index (κ2) is 6.82. The van der Waals surface area contributed by atoms with Crippen molar-refractivity contribution < 1.29 is 62.2 Å². The van der Waals surface area contributed by atoms with Crippen LogP contribution in [0.25, 0.3) is 0 Å². The molecule has 0 aliphatic rings. The van der Waals surface area contributed by atoms with Gasteiger partial charge >= 0.3 is 48.9 Å². The Hall–Kier alpha value is -2.23. The minimum atomic E-state index is -6.37. The van der Waals surface area contributed by atoms with Crippen LogP contribution in [0.2, 0.25) is 0 Å². The zero-order chi connectivity index (χ0) is 20.6. The van der Waals surface area contributed by atoms with Gasteiger partial charge in [0.2, 0.25) is 0 Å². The second-order valence-electron chi connectivity index (χ2n) is 4.14. The quantitative estimate of drug-likeness (QED) is 0.668. The molecule has 2 unspecified atom stereocenters. The van der Waals surface area contributed by atoms with Gasteiger partial charge in [-0.15, -0.1) is 4.98 Å². The minimum absolute atomic E-state index is 0.0950. The lowest BCUT2D eigenvalue weighted by molar-refractivity contribution is -0.344. The molecule has 1 aromatic heterocycles. The van der Waals surface area contributed by atoms with Crippen molar-refractivity contribution in [3.63, 3.8) is 0 Å². The van der Waals surface area contributed by atoms with E-state index in [1.165, 1.54) is 0 Å². The first kappa shape index (κ1) is 21.8. The third kappa shape index (κ3) is 4.12. The summed E-state index contributed by atoms with van der Waals surface area (Å²) in [6.45, 7) is 0. The highest BCUT2D eigenvalue weighted by Gasteiger charge is 2.67. The summed E-state index contributed by atoms with van der Waals surface area (Å²) in [6, 6.07) is -4.09. The fourth-order valence-corrected chi connectivity index (χ4v) is 1.08. The molecule has 5 nitrogen and oxygen atoms in total. The van der Waals surface area contributed by atoms with E-state index in [1.54, 1.807) is 0 Å².